The van der Waals surface area contributed by atoms with E-state index in [0.29, 0.717) is 11.3 Å². The number of nitro groups is 1. The van der Waals surface area contributed by atoms with Gasteiger partial charge in [-0.3, -0.25) is 10.1 Å². The van der Waals surface area contributed by atoms with Crippen molar-refractivity contribution in [2.24, 2.45) is 0 Å². The van der Waals surface area contributed by atoms with Gasteiger partial charge in [0.25, 0.3) is 5.69 Å². The van der Waals surface area contributed by atoms with Crippen molar-refractivity contribution in [3.05, 3.63) is 135 Å². The van der Waals surface area contributed by atoms with Crippen LogP contribution in [0.15, 0.2) is 103 Å². The molecule has 6 rings (SSSR count). The van der Waals surface area contributed by atoms with Crippen LogP contribution in [0.25, 0.3) is 0 Å². The van der Waals surface area contributed by atoms with Crippen molar-refractivity contribution in [2.75, 3.05) is 4.90 Å². The molecule has 0 aliphatic carbocycles. The van der Waals surface area contributed by atoms with Crippen LogP contribution in [-0.4, -0.2) is 11.2 Å². The van der Waals surface area contributed by atoms with Crippen molar-refractivity contribution >= 4 is 11.4 Å². The lowest BCUT2D eigenvalue weighted by atomic mass is 9.77. The van der Waals surface area contributed by atoms with Gasteiger partial charge in [0, 0.05) is 29.8 Å². The minimum Gasteiger partial charge on any atom is -0.470 e. The summed E-state index contributed by atoms with van der Waals surface area (Å²) in [5.74, 6) is 0.620. The molecular formula is C30H26N2O4. The topological polar surface area (TPSA) is 64.8 Å². The van der Waals surface area contributed by atoms with E-state index in [1.54, 1.807) is 12.1 Å². The second-order valence-corrected chi connectivity index (χ2v) is 9.15. The van der Waals surface area contributed by atoms with Crippen LogP contribution in [0.5, 0.6) is 5.75 Å². The maximum atomic E-state index is 11.7. The zero-order valence-electron chi connectivity index (χ0n) is 19.9. The van der Waals surface area contributed by atoms with Crippen molar-refractivity contribution in [3.8, 4) is 5.75 Å². The van der Waals surface area contributed by atoms with Gasteiger partial charge >= 0.3 is 0 Å². The van der Waals surface area contributed by atoms with Gasteiger partial charge in [-0.05, 0) is 23.3 Å². The van der Waals surface area contributed by atoms with Gasteiger partial charge in [-0.1, -0.05) is 92.2 Å². The van der Waals surface area contributed by atoms with E-state index in [1.165, 1.54) is 6.07 Å². The molecule has 0 aromatic heterocycles. The first-order chi connectivity index (χ1) is 17.6. The number of hydrogen-bond acceptors (Lipinski definition) is 5. The smallest absolute Gasteiger partial charge is 0.270 e. The van der Waals surface area contributed by atoms with Crippen molar-refractivity contribution in [2.45, 2.75) is 37.8 Å². The highest BCUT2D eigenvalue weighted by Crippen LogP contribution is 2.56. The van der Waals surface area contributed by atoms with E-state index in [1.807, 2.05) is 48.5 Å². The molecular weight excluding hydrogens is 452 g/mol. The van der Waals surface area contributed by atoms with Crippen LogP contribution in [0.2, 0.25) is 0 Å². The number of fused-ring (bicyclic) bond motifs is 5. The van der Waals surface area contributed by atoms with Gasteiger partial charge in [0.1, 0.15) is 11.4 Å². The third-order valence-corrected chi connectivity index (χ3v) is 7.04. The summed E-state index contributed by atoms with van der Waals surface area (Å²) >= 11 is 0. The largest absolute Gasteiger partial charge is 0.470 e. The molecule has 6 heteroatoms. The number of hydrogen-bond donors (Lipinski definition) is 0. The monoisotopic (exact) mass is 478 g/mol. The Bertz CT molecular complexity index is 1370. The van der Waals surface area contributed by atoms with Crippen molar-refractivity contribution in [1.29, 1.82) is 0 Å². The van der Waals surface area contributed by atoms with Crippen LogP contribution < -0.4 is 9.64 Å². The summed E-state index contributed by atoms with van der Waals surface area (Å²) in [6.45, 7) is 2.12. The van der Waals surface area contributed by atoms with Crippen LogP contribution in [-0.2, 0) is 10.3 Å². The summed E-state index contributed by atoms with van der Waals surface area (Å²) < 4.78 is 13.7. The number of ether oxygens (including phenoxy) is 2. The Morgan fingerprint density at radius 1 is 0.889 bits per heavy atom. The molecule has 0 radical (unpaired) electrons. The number of rotatable bonds is 5. The lowest BCUT2D eigenvalue weighted by molar-refractivity contribution is -0.385. The average molecular weight is 479 g/mol. The van der Waals surface area contributed by atoms with Gasteiger partial charge in [0.15, 0.2) is 12.5 Å². The van der Waals surface area contributed by atoms with Gasteiger partial charge in [-0.15, -0.1) is 0 Å². The molecule has 4 aromatic carbocycles. The second kappa shape index (κ2) is 8.81. The number of anilines is 1. The van der Waals surface area contributed by atoms with Gasteiger partial charge in [-0.25, -0.2) is 0 Å². The highest BCUT2D eigenvalue weighted by Gasteiger charge is 2.51. The van der Waals surface area contributed by atoms with E-state index in [4.69, 9.17) is 9.47 Å². The Labute approximate surface area is 209 Å². The molecule has 2 aliphatic heterocycles. The third-order valence-electron chi connectivity index (χ3n) is 7.04. The van der Waals surface area contributed by atoms with E-state index in [-0.39, 0.29) is 16.8 Å². The van der Waals surface area contributed by atoms with Crippen LogP contribution >= 0.6 is 0 Å². The highest BCUT2D eigenvalue weighted by molar-refractivity contribution is 5.67. The standard InChI is InChI=1S/C30H26N2O4/c1-2-11-28-31-26-17-10-9-16-25(26)30(21-12-5-3-6-13-21,22-14-7-4-8-15-22)36-29(31)24-20-23(32(33)34)18-19-27(24)35-28/h3-10,12-20,28-29H,2,11H2,1H3/t28-,29-/m1/s1. The fraction of sp³-hybridized carbons (Fsp3) is 0.200. The van der Waals surface area contributed by atoms with E-state index in [9.17, 15) is 10.1 Å². The van der Waals surface area contributed by atoms with Gasteiger partial charge in [0.2, 0.25) is 0 Å². The second-order valence-electron chi connectivity index (χ2n) is 9.15. The summed E-state index contributed by atoms with van der Waals surface area (Å²) in [6, 6.07) is 33.4. The molecule has 4 aromatic rings. The summed E-state index contributed by atoms with van der Waals surface area (Å²) in [5.41, 5.74) is 3.74. The Morgan fingerprint density at radius 2 is 1.53 bits per heavy atom. The lowest BCUT2D eigenvalue weighted by Crippen LogP contribution is -2.54. The van der Waals surface area contributed by atoms with E-state index >= 15 is 0 Å². The number of nitrogens with zero attached hydrogens (tertiary/aromatic N) is 2. The average Bonchev–Trinajstić information content (AvgIpc) is 2.93. The van der Waals surface area contributed by atoms with E-state index in [2.05, 4.69) is 48.2 Å². The molecule has 2 aliphatic rings. The molecule has 0 saturated heterocycles. The minimum absolute atomic E-state index is 0.0127. The molecule has 0 spiro atoms. The fourth-order valence-corrected chi connectivity index (χ4v) is 5.49. The predicted octanol–water partition coefficient (Wildman–Crippen LogP) is 6.94. The molecule has 0 unspecified atom stereocenters. The van der Waals surface area contributed by atoms with Gasteiger partial charge in [-0.2, -0.15) is 0 Å². The zero-order chi connectivity index (χ0) is 24.7. The summed E-state index contributed by atoms with van der Waals surface area (Å²) in [5, 5.41) is 11.7. The van der Waals surface area contributed by atoms with Gasteiger partial charge < -0.3 is 14.4 Å². The molecule has 6 nitrogen and oxygen atoms in total. The SMILES string of the molecule is CCC[C@H]1Oc2ccc([N+](=O)[O-])cc2[C@H]2OC(c3ccccc3)(c3ccccc3)c3ccccc3N21. The number of benzene rings is 4. The van der Waals surface area contributed by atoms with Crippen LogP contribution in [0.4, 0.5) is 11.4 Å². The summed E-state index contributed by atoms with van der Waals surface area (Å²) in [4.78, 5) is 13.5. The third kappa shape index (κ3) is 3.37. The normalized spacial score (nSPS) is 19.4. The number of nitro benzene ring substituents is 1. The Balaban J connectivity index is 1.66. The maximum absolute atomic E-state index is 11.7. The number of para-hydroxylation sites is 1. The molecule has 2 heterocycles. The van der Waals surface area contributed by atoms with Crippen molar-refractivity contribution in [3.63, 3.8) is 0 Å². The summed E-state index contributed by atoms with van der Waals surface area (Å²) in [6.07, 6.45) is 0.856. The Morgan fingerprint density at radius 3 is 2.17 bits per heavy atom. The fourth-order valence-electron chi connectivity index (χ4n) is 5.49. The van der Waals surface area contributed by atoms with Crippen LogP contribution in [0.3, 0.4) is 0 Å². The first kappa shape index (κ1) is 22.3. The number of non-ortho nitro benzene ring substituents is 1. The predicted molar refractivity (Wildman–Crippen MR) is 138 cm³/mol. The van der Waals surface area contributed by atoms with Crippen LogP contribution in [0, 0.1) is 10.1 Å². The molecule has 180 valence electrons. The summed E-state index contributed by atoms with van der Waals surface area (Å²) in [7, 11) is 0. The maximum Gasteiger partial charge on any atom is 0.270 e. The van der Waals surface area contributed by atoms with E-state index < -0.39 is 11.8 Å². The molecule has 36 heavy (non-hydrogen) atoms. The lowest BCUT2D eigenvalue weighted by Gasteiger charge is -2.53. The van der Waals surface area contributed by atoms with Crippen molar-refractivity contribution < 1.29 is 14.4 Å². The van der Waals surface area contributed by atoms with E-state index in [0.717, 1.165) is 35.2 Å². The first-order valence-corrected chi connectivity index (χ1v) is 12.2. The minimum atomic E-state index is -0.920. The molecule has 0 saturated carbocycles. The van der Waals surface area contributed by atoms with Crippen molar-refractivity contribution in [1.82, 2.24) is 0 Å². The molecule has 2 atom stereocenters. The highest BCUT2D eigenvalue weighted by atomic mass is 16.6. The van der Waals surface area contributed by atoms with Crippen LogP contribution in [0.1, 0.15) is 48.2 Å². The quantitative estimate of drug-likeness (QED) is 0.230. The molecule has 0 fully saturated rings. The molecule has 0 bridgehead atoms. The Hall–Kier alpha value is -4.16. The first-order valence-electron chi connectivity index (χ1n) is 12.2. The van der Waals surface area contributed by atoms with Gasteiger partial charge in [0.05, 0.1) is 10.5 Å². The molecule has 0 amide bonds. The molecule has 0 N–H and O–H groups in total. The zero-order valence-corrected chi connectivity index (χ0v) is 19.9. The Kier molecular flexibility index (Phi) is 5.46.